The summed E-state index contributed by atoms with van der Waals surface area (Å²) < 4.78 is 0. The van der Waals surface area contributed by atoms with Gasteiger partial charge in [0.15, 0.2) is 0 Å². The molecule has 92 valence electrons. The lowest BCUT2D eigenvalue weighted by Gasteiger charge is -2.05. The summed E-state index contributed by atoms with van der Waals surface area (Å²) in [5.74, 6) is -0.00543. The first-order valence-corrected chi connectivity index (χ1v) is 6.06. The van der Waals surface area contributed by atoms with Crippen LogP contribution >= 0.6 is 11.6 Å². The molecule has 0 aliphatic rings. The molecular weight excluding hydrogens is 248 g/mol. The van der Waals surface area contributed by atoms with Crippen molar-refractivity contribution in [2.45, 2.75) is 12.8 Å². The third kappa shape index (κ3) is 3.86. The molecule has 0 saturated carbocycles. The maximum atomic E-state index is 11.7. The molecule has 0 bridgehead atoms. The molecular formula is C14H13ClN2O. The number of aromatic nitrogens is 1. The minimum atomic E-state index is -0.00543. The van der Waals surface area contributed by atoms with Crippen molar-refractivity contribution in [3.05, 3.63) is 59.4 Å². The van der Waals surface area contributed by atoms with Gasteiger partial charge in [-0.05, 0) is 48.4 Å². The van der Waals surface area contributed by atoms with E-state index in [9.17, 15) is 4.79 Å². The van der Waals surface area contributed by atoms with Gasteiger partial charge in [-0.2, -0.15) is 0 Å². The largest absolute Gasteiger partial charge is 0.326 e. The predicted molar refractivity (Wildman–Crippen MR) is 72.6 cm³/mol. The Labute approximate surface area is 111 Å². The molecule has 0 saturated heterocycles. The van der Waals surface area contributed by atoms with Crippen LogP contribution in [0.4, 0.5) is 5.69 Å². The SMILES string of the molecule is O=C(CCc1ccncc1)Nc1ccc(Cl)cc1. The number of hydrogen-bond donors (Lipinski definition) is 1. The van der Waals surface area contributed by atoms with E-state index in [2.05, 4.69) is 10.3 Å². The van der Waals surface area contributed by atoms with Crippen molar-refractivity contribution in [1.29, 1.82) is 0 Å². The van der Waals surface area contributed by atoms with Crippen LogP contribution < -0.4 is 5.32 Å². The molecule has 1 N–H and O–H groups in total. The van der Waals surface area contributed by atoms with E-state index in [0.29, 0.717) is 17.9 Å². The minimum Gasteiger partial charge on any atom is -0.326 e. The number of aryl methyl sites for hydroxylation is 1. The lowest BCUT2D eigenvalue weighted by Crippen LogP contribution is -2.12. The van der Waals surface area contributed by atoms with Crippen LogP contribution in [0.25, 0.3) is 0 Å². The van der Waals surface area contributed by atoms with Gasteiger partial charge in [-0.15, -0.1) is 0 Å². The third-order valence-corrected chi connectivity index (χ3v) is 2.77. The molecule has 18 heavy (non-hydrogen) atoms. The molecule has 3 nitrogen and oxygen atoms in total. The molecule has 1 aromatic carbocycles. The van der Waals surface area contributed by atoms with E-state index in [1.807, 2.05) is 12.1 Å². The molecule has 0 radical (unpaired) electrons. The fraction of sp³-hybridized carbons (Fsp3) is 0.143. The van der Waals surface area contributed by atoms with Crippen LogP contribution in [0.15, 0.2) is 48.8 Å². The number of nitrogens with zero attached hydrogens (tertiary/aromatic N) is 1. The van der Waals surface area contributed by atoms with Gasteiger partial charge in [0.05, 0.1) is 0 Å². The lowest BCUT2D eigenvalue weighted by atomic mass is 10.1. The van der Waals surface area contributed by atoms with E-state index in [1.54, 1.807) is 36.7 Å². The lowest BCUT2D eigenvalue weighted by molar-refractivity contribution is -0.116. The smallest absolute Gasteiger partial charge is 0.224 e. The van der Waals surface area contributed by atoms with Crippen molar-refractivity contribution in [2.75, 3.05) is 5.32 Å². The number of rotatable bonds is 4. The van der Waals surface area contributed by atoms with E-state index in [1.165, 1.54) is 0 Å². The number of anilines is 1. The first-order valence-electron chi connectivity index (χ1n) is 5.68. The molecule has 0 atom stereocenters. The van der Waals surface area contributed by atoms with Gasteiger partial charge < -0.3 is 5.32 Å². The van der Waals surface area contributed by atoms with Crippen LogP contribution in [-0.4, -0.2) is 10.9 Å². The van der Waals surface area contributed by atoms with Gasteiger partial charge in [0.2, 0.25) is 5.91 Å². The van der Waals surface area contributed by atoms with Gasteiger partial charge in [0.1, 0.15) is 0 Å². The number of amides is 1. The Morgan fingerprint density at radius 2 is 1.78 bits per heavy atom. The first kappa shape index (κ1) is 12.6. The van der Waals surface area contributed by atoms with Gasteiger partial charge in [0, 0.05) is 29.5 Å². The van der Waals surface area contributed by atoms with Crippen molar-refractivity contribution in [1.82, 2.24) is 4.98 Å². The normalized spacial score (nSPS) is 10.1. The monoisotopic (exact) mass is 260 g/mol. The van der Waals surface area contributed by atoms with Gasteiger partial charge in [0.25, 0.3) is 0 Å². The minimum absolute atomic E-state index is 0.00543. The Balaban J connectivity index is 1.84. The van der Waals surface area contributed by atoms with Gasteiger partial charge in [-0.3, -0.25) is 9.78 Å². The van der Waals surface area contributed by atoms with Crippen molar-refractivity contribution < 1.29 is 4.79 Å². The van der Waals surface area contributed by atoms with Crippen LogP contribution in [0.3, 0.4) is 0 Å². The highest BCUT2D eigenvalue weighted by atomic mass is 35.5. The topological polar surface area (TPSA) is 42.0 Å². The molecule has 2 rings (SSSR count). The van der Waals surface area contributed by atoms with Gasteiger partial charge in [-0.1, -0.05) is 11.6 Å². The maximum absolute atomic E-state index is 11.7. The summed E-state index contributed by atoms with van der Waals surface area (Å²) in [6.45, 7) is 0. The second-order valence-electron chi connectivity index (χ2n) is 3.91. The molecule has 0 aliphatic carbocycles. The maximum Gasteiger partial charge on any atom is 0.224 e. The van der Waals surface area contributed by atoms with Crippen molar-refractivity contribution >= 4 is 23.2 Å². The number of pyridine rings is 1. The van der Waals surface area contributed by atoms with Gasteiger partial charge >= 0.3 is 0 Å². The molecule has 4 heteroatoms. The van der Waals surface area contributed by atoms with Crippen molar-refractivity contribution in [2.24, 2.45) is 0 Å². The molecule has 1 amide bonds. The van der Waals surface area contributed by atoms with Crippen molar-refractivity contribution in [3.63, 3.8) is 0 Å². The fourth-order valence-corrected chi connectivity index (χ4v) is 1.69. The zero-order valence-corrected chi connectivity index (χ0v) is 10.5. The van der Waals surface area contributed by atoms with Crippen LogP contribution in [0.1, 0.15) is 12.0 Å². The molecule has 0 unspecified atom stereocenters. The average molecular weight is 261 g/mol. The number of nitrogens with one attached hydrogen (secondary N) is 1. The summed E-state index contributed by atoms with van der Waals surface area (Å²) in [6.07, 6.45) is 4.62. The fourth-order valence-electron chi connectivity index (χ4n) is 1.56. The Bertz CT molecular complexity index is 511. The number of carbonyl (C=O) groups excluding carboxylic acids is 1. The molecule has 0 spiro atoms. The zero-order valence-electron chi connectivity index (χ0n) is 9.77. The Hall–Kier alpha value is -1.87. The summed E-state index contributed by atoms with van der Waals surface area (Å²) in [7, 11) is 0. The quantitative estimate of drug-likeness (QED) is 0.916. The second-order valence-corrected chi connectivity index (χ2v) is 4.35. The van der Waals surface area contributed by atoms with E-state index < -0.39 is 0 Å². The van der Waals surface area contributed by atoms with E-state index >= 15 is 0 Å². The molecule has 1 aromatic heterocycles. The van der Waals surface area contributed by atoms with E-state index in [-0.39, 0.29) is 5.91 Å². The van der Waals surface area contributed by atoms with E-state index in [4.69, 9.17) is 11.6 Å². The predicted octanol–water partition coefficient (Wildman–Crippen LogP) is 3.31. The number of halogens is 1. The number of hydrogen-bond acceptors (Lipinski definition) is 2. The first-order chi connectivity index (χ1) is 8.74. The zero-order chi connectivity index (χ0) is 12.8. The third-order valence-electron chi connectivity index (χ3n) is 2.52. The number of benzene rings is 1. The Morgan fingerprint density at radius 1 is 1.11 bits per heavy atom. The Kier molecular flexibility index (Phi) is 4.31. The summed E-state index contributed by atoms with van der Waals surface area (Å²) in [6, 6.07) is 10.9. The second kappa shape index (κ2) is 6.17. The summed E-state index contributed by atoms with van der Waals surface area (Å²) in [4.78, 5) is 15.6. The molecule has 1 heterocycles. The van der Waals surface area contributed by atoms with Crippen LogP contribution in [0.2, 0.25) is 5.02 Å². The van der Waals surface area contributed by atoms with E-state index in [0.717, 1.165) is 11.3 Å². The van der Waals surface area contributed by atoms with Gasteiger partial charge in [-0.25, -0.2) is 0 Å². The molecule has 0 fully saturated rings. The van der Waals surface area contributed by atoms with Crippen molar-refractivity contribution in [3.8, 4) is 0 Å². The summed E-state index contributed by atoms with van der Waals surface area (Å²) in [5.41, 5.74) is 1.87. The highest BCUT2D eigenvalue weighted by Gasteiger charge is 2.03. The van der Waals surface area contributed by atoms with Crippen LogP contribution in [-0.2, 0) is 11.2 Å². The van der Waals surface area contributed by atoms with Crippen LogP contribution in [0, 0.1) is 0 Å². The highest BCUT2D eigenvalue weighted by Crippen LogP contribution is 2.13. The highest BCUT2D eigenvalue weighted by molar-refractivity contribution is 6.30. The average Bonchev–Trinajstić information content (AvgIpc) is 2.40. The molecule has 2 aromatic rings. The summed E-state index contributed by atoms with van der Waals surface area (Å²) >= 11 is 5.77. The Morgan fingerprint density at radius 3 is 2.44 bits per heavy atom. The number of carbonyl (C=O) groups is 1. The summed E-state index contributed by atoms with van der Waals surface area (Å²) in [5, 5.41) is 3.48. The molecule has 0 aliphatic heterocycles. The standard InChI is InChI=1S/C14H13ClN2O/c15-12-2-4-13(5-3-12)17-14(18)6-1-11-7-9-16-10-8-11/h2-5,7-10H,1,6H2,(H,17,18). The van der Waals surface area contributed by atoms with Crippen LogP contribution in [0.5, 0.6) is 0 Å².